The molecule has 0 bridgehead atoms. The molecule has 0 unspecified atom stereocenters. The third-order valence-electron chi connectivity index (χ3n) is 3.43. The highest BCUT2D eigenvalue weighted by Crippen LogP contribution is 2.14. The van der Waals surface area contributed by atoms with Crippen LogP contribution in [-0.2, 0) is 12.8 Å². The number of hydrogen-bond acceptors (Lipinski definition) is 3. The fourth-order valence-corrected chi connectivity index (χ4v) is 2.32. The van der Waals surface area contributed by atoms with Crippen LogP contribution in [0.3, 0.4) is 0 Å². The minimum absolute atomic E-state index is 0.180. The van der Waals surface area contributed by atoms with Gasteiger partial charge in [-0.1, -0.05) is 48.5 Å². The summed E-state index contributed by atoms with van der Waals surface area (Å²) in [6.45, 7) is 0. The highest BCUT2D eigenvalue weighted by molar-refractivity contribution is 6.04. The van der Waals surface area contributed by atoms with Crippen LogP contribution in [0.2, 0.25) is 0 Å². The molecular weight excluding hydrogens is 276 g/mol. The van der Waals surface area contributed by atoms with E-state index in [0.717, 1.165) is 18.4 Å². The van der Waals surface area contributed by atoms with Gasteiger partial charge in [-0.3, -0.25) is 10.1 Å². The van der Waals surface area contributed by atoms with Gasteiger partial charge in [0.2, 0.25) is 5.95 Å². The Morgan fingerprint density at radius 1 is 1.00 bits per heavy atom. The smallest absolute Gasteiger partial charge is 0.258 e. The summed E-state index contributed by atoms with van der Waals surface area (Å²) in [5, 5.41) is 9.05. The average Bonchev–Trinajstić information content (AvgIpc) is 3.07. The highest BCUT2D eigenvalue weighted by atomic mass is 16.1. The van der Waals surface area contributed by atoms with Crippen LogP contribution in [-0.4, -0.2) is 21.1 Å². The first-order chi connectivity index (χ1) is 10.8. The normalized spacial score (nSPS) is 10.4. The van der Waals surface area contributed by atoms with Gasteiger partial charge in [-0.2, -0.15) is 10.1 Å². The Morgan fingerprint density at radius 2 is 1.77 bits per heavy atom. The van der Waals surface area contributed by atoms with E-state index in [9.17, 15) is 4.79 Å². The second-order valence-corrected chi connectivity index (χ2v) is 4.93. The summed E-state index contributed by atoms with van der Waals surface area (Å²) >= 11 is 0. The van der Waals surface area contributed by atoms with Crippen molar-refractivity contribution in [1.29, 1.82) is 0 Å². The van der Waals surface area contributed by atoms with E-state index < -0.39 is 0 Å². The maximum atomic E-state index is 12.3. The number of aryl methyl sites for hydroxylation is 2. The quantitative estimate of drug-likeness (QED) is 0.759. The molecule has 0 saturated heterocycles. The Kier molecular flexibility index (Phi) is 4.25. The minimum Gasteiger partial charge on any atom is -0.291 e. The number of amides is 1. The zero-order chi connectivity index (χ0) is 15.2. The topological polar surface area (TPSA) is 70.7 Å². The van der Waals surface area contributed by atoms with Crippen LogP contribution < -0.4 is 5.32 Å². The van der Waals surface area contributed by atoms with Crippen LogP contribution in [0.4, 0.5) is 5.95 Å². The predicted molar refractivity (Wildman–Crippen MR) is 84.6 cm³/mol. The fourth-order valence-electron chi connectivity index (χ4n) is 2.32. The summed E-state index contributed by atoms with van der Waals surface area (Å²) in [5.74, 6) is 0.170. The lowest BCUT2D eigenvalue weighted by molar-refractivity contribution is 0.102. The molecule has 110 valence electrons. The Bertz CT molecular complexity index is 738. The molecule has 0 aliphatic heterocycles. The number of nitrogens with one attached hydrogen (secondary N) is 2. The van der Waals surface area contributed by atoms with Crippen LogP contribution in [0.1, 0.15) is 21.5 Å². The van der Waals surface area contributed by atoms with Crippen molar-refractivity contribution < 1.29 is 4.79 Å². The number of hydrogen-bond donors (Lipinski definition) is 2. The van der Waals surface area contributed by atoms with Crippen molar-refractivity contribution in [2.24, 2.45) is 0 Å². The van der Waals surface area contributed by atoms with E-state index in [-0.39, 0.29) is 5.91 Å². The molecule has 0 aliphatic rings. The maximum Gasteiger partial charge on any atom is 0.258 e. The Labute approximate surface area is 128 Å². The minimum atomic E-state index is -0.180. The number of aromatic amines is 1. The molecule has 3 aromatic rings. The lowest BCUT2D eigenvalue weighted by atomic mass is 9.99. The van der Waals surface area contributed by atoms with Gasteiger partial charge in [0.1, 0.15) is 6.33 Å². The molecular formula is C17H16N4O. The molecule has 0 saturated carbocycles. The van der Waals surface area contributed by atoms with Crippen molar-refractivity contribution in [3.63, 3.8) is 0 Å². The van der Waals surface area contributed by atoms with Gasteiger partial charge in [-0.15, -0.1) is 0 Å². The second-order valence-electron chi connectivity index (χ2n) is 4.93. The van der Waals surface area contributed by atoms with Gasteiger partial charge in [0.05, 0.1) is 0 Å². The number of aromatic nitrogens is 3. The molecule has 1 heterocycles. The summed E-state index contributed by atoms with van der Waals surface area (Å²) < 4.78 is 0. The molecule has 1 aromatic heterocycles. The van der Waals surface area contributed by atoms with Gasteiger partial charge < -0.3 is 0 Å². The fraction of sp³-hybridized carbons (Fsp3) is 0.118. The van der Waals surface area contributed by atoms with Crippen molar-refractivity contribution >= 4 is 11.9 Å². The molecule has 5 heteroatoms. The maximum absolute atomic E-state index is 12.3. The van der Waals surface area contributed by atoms with Gasteiger partial charge in [-0.05, 0) is 30.0 Å². The average molecular weight is 292 g/mol. The molecule has 2 N–H and O–H groups in total. The first-order valence-electron chi connectivity index (χ1n) is 7.11. The van der Waals surface area contributed by atoms with E-state index in [1.54, 1.807) is 0 Å². The standard InChI is InChI=1S/C17H16N4O/c22-16(20-17-18-12-19-21-17)15-9-5-4-8-14(15)11-10-13-6-2-1-3-7-13/h1-9,12H,10-11H2,(H2,18,19,20,21,22). The van der Waals surface area contributed by atoms with Crippen LogP contribution in [0.25, 0.3) is 0 Å². The SMILES string of the molecule is O=C(Nc1ncn[nH]1)c1ccccc1CCc1ccccc1. The van der Waals surface area contributed by atoms with E-state index >= 15 is 0 Å². The van der Waals surface area contributed by atoms with E-state index in [1.165, 1.54) is 11.9 Å². The molecule has 2 aromatic carbocycles. The molecule has 3 rings (SSSR count). The summed E-state index contributed by atoms with van der Waals surface area (Å²) in [7, 11) is 0. The van der Waals surface area contributed by atoms with Gasteiger partial charge in [0, 0.05) is 5.56 Å². The number of H-pyrrole nitrogens is 1. The van der Waals surface area contributed by atoms with Crippen LogP contribution >= 0.6 is 0 Å². The number of carbonyl (C=O) groups excluding carboxylic acids is 1. The third kappa shape index (κ3) is 3.38. The number of carbonyl (C=O) groups is 1. The number of nitrogens with zero attached hydrogens (tertiary/aromatic N) is 2. The van der Waals surface area contributed by atoms with Crippen LogP contribution in [0.5, 0.6) is 0 Å². The van der Waals surface area contributed by atoms with Crippen LogP contribution in [0, 0.1) is 0 Å². The van der Waals surface area contributed by atoms with E-state index in [1.807, 2.05) is 42.5 Å². The van der Waals surface area contributed by atoms with Crippen LogP contribution in [0.15, 0.2) is 60.9 Å². The molecule has 0 spiro atoms. The van der Waals surface area contributed by atoms with Gasteiger partial charge in [0.25, 0.3) is 5.91 Å². The van der Waals surface area contributed by atoms with E-state index in [4.69, 9.17) is 0 Å². The second kappa shape index (κ2) is 6.67. The summed E-state index contributed by atoms with van der Waals surface area (Å²) in [6, 6.07) is 17.9. The van der Waals surface area contributed by atoms with Crippen molar-refractivity contribution in [2.75, 3.05) is 5.32 Å². The van der Waals surface area contributed by atoms with Crippen molar-refractivity contribution in [2.45, 2.75) is 12.8 Å². The number of rotatable bonds is 5. The molecule has 22 heavy (non-hydrogen) atoms. The van der Waals surface area contributed by atoms with Gasteiger partial charge in [0.15, 0.2) is 0 Å². The van der Waals surface area contributed by atoms with E-state index in [2.05, 4.69) is 32.6 Å². The Balaban J connectivity index is 1.73. The molecule has 0 fully saturated rings. The molecule has 0 radical (unpaired) electrons. The monoisotopic (exact) mass is 292 g/mol. The molecule has 1 amide bonds. The lowest BCUT2D eigenvalue weighted by Gasteiger charge is -2.09. The Hall–Kier alpha value is -2.95. The first kappa shape index (κ1) is 14.0. The van der Waals surface area contributed by atoms with Crippen molar-refractivity contribution in [1.82, 2.24) is 15.2 Å². The summed E-state index contributed by atoms with van der Waals surface area (Å²) in [6.07, 6.45) is 3.06. The number of benzene rings is 2. The zero-order valence-corrected chi connectivity index (χ0v) is 12.0. The molecule has 5 nitrogen and oxygen atoms in total. The molecule has 0 atom stereocenters. The summed E-state index contributed by atoms with van der Waals surface area (Å²) in [5.41, 5.74) is 2.94. The lowest BCUT2D eigenvalue weighted by Crippen LogP contribution is -2.15. The molecule has 0 aliphatic carbocycles. The first-order valence-corrected chi connectivity index (χ1v) is 7.11. The highest BCUT2D eigenvalue weighted by Gasteiger charge is 2.12. The van der Waals surface area contributed by atoms with Gasteiger partial charge >= 0.3 is 0 Å². The Morgan fingerprint density at radius 3 is 2.55 bits per heavy atom. The largest absolute Gasteiger partial charge is 0.291 e. The third-order valence-corrected chi connectivity index (χ3v) is 3.43. The van der Waals surface area contributed by atoms with Gasteiger partial charge in [-0.25, -0.2) is 5.10 Å². The van der Waals surface area contributed by atoms with Crippen molar-refractivity contribution in [3.8, 4) is 0 Å². The number of anilines is 1. The predicted octanol–water partition coefficient (Wildman–Crippen LogP) is 2.84. The van der Waals surface area contributed by atoms with E-state index in [0.29, 0.717) is 11.5 Å². The summed E-state index contributed by atoms with van der Waals surface area (Å²) in [4.78, 5) is 16.3. The zero-order valence-electron chi connectivity index (χ0n) is 12.0. The van der Waals surface area contributed by atoms with Crippen molar-refractivity contribution in [3.05, 3.63) is 77.6 Å².